The first-order valence-electron chi connectivity index (χ1n) is 12.4. The van der Waals surface area contributed by atoms with Crippen molar-refractivity contribution in [2.45, 2.75) is 36.9 Å². The molecule has 3 aromatic carbocycles. The summed E-state index contributed by atoms with van der Waals surface area (Å²) in [7, 11) is 0. The van der Waals surface area contributed by atoms with Gasteiger partial charge < -0.3 is 15.0 Å². The number of carbonyl (C=O) groups excluding carboxylic acids is 3. The van der Waals surface area contributed by atoms with Gasteiger partial charge in [-0.2, -0.15) is 0 Å². The number of rotatable bonds is 8. The van der Waals surface area contributed by atoms with Gasteiger partial charge in [-0.15, -0.1) is 11.8 Å². The van der Waals surface area contributed by atoms with E-state index < -0.39 is 29.5 Å². The smallest absolute Gasteiger partial charge is 0.334 e. The fourth-order valence-corrected chi connectivity index (χ4v) is 6.05. The second-order valence-corrected chi connectivity index (χ2v) is 10.4. The van der Waals surface area contributed by atoms with Gasteiger partial charge in [0.1, 0.15) is 11.4 Å². The van der Waals surface area contributed by atoms with Crippen LogP contribution in [0.15, 0.2) is 114 Å². The molecule has 3 aromatic rings. The van der Waals surface area contributed by atoms with E-state index in [0.29, 0.717) is 11.1 Å². The van der Waals surface area contributed by atoms with Crippen molar-refractivity contribution >= 4 is 29.5 Å². The third-order valence-corrected chi connectivity index (χ3v) is 7.83. The average Bonchev–Trinajstić information content (AvgIpc) is 2.95. The summed E-state index contributed by atoms with van der Waals surface area (Å²) in [6.45, 7) is 5.84. The molecule has 1 N–H and O–H groups in total. The van der Waals surface area contributed by atoms with E-state index in [2.05, 4.69) is 11.9 Å². The molecule has 6 nitrogen and oxygen atoms in total. The quantitative estimate of drug-likeness (QED) is 0.339. The third-order valence-electron chi connectivity index (χ3n) is 6.67. The number of β-lactam (4-membered cyclic amide) rings is 1. The Hall–Kier alpha value is -4.10. The number of esters is 1. The molecule has 0 aliphatic carbocycles. The second kappa shape index (κ2) is 11.1. The first-order chi connectivity index (χ1) is 18.4. The number of benzene rings is 3. The van der Waals surface area contributed by atoms with Crippen LogP contribution >= 0.6 is 11.8 Å². The molecule has 38 heavy (non-hydrogen) atoms. The summed E-state index contributed by atoms with van der Waals surface area (Å²) < 4.78 is 6.13. The van der Waals surface area contributed by atoms with Gasteiger partial charge in [-0.3, -0.25) is 9.59 Å². The zero-order valence-electron chi connectivity index (χ0n) is 20.9. The zero-order valence-corrected chi connectivity index (χ0v) is 21.8. The SMILES string of the molecule is C=C(C)C1=CS[C@H]2[C@H](NC(=O)Cc3ccccc3)C(=O)N2C1C(=O)OC(c1ccccc1)c1ccccc1. The molecule has 2 aliphatic heterocycles. The normalized spacial score (nSPS) is 20.2. The monoisotopic (exact) mass is 524 g/mol. The fourth-order valence-electron chi connectivity index (χ4n) is 4.74. The van der Waals surface area contributed by atoms with Crippen LogP contribution in [0.5, 0.6) is 0 Å². The molecule has 0 aromatic heterocycles. The molecule has 0 spiro atoms. The maximum atomic E-state index is 13.8. The van der Waals surface area contributed by atoms with Gasteiger partial charge in [0.25, 0.3) is 0 Å². The van der Waals surface area contributed by atoms with Crippen molar-refractivity contribution in [2.75, 3.05) is 0 Å². The number of nitrogens with zero attached hydrogens (tertiary/aromatic N) is 1. The molecular weight excluding hydrogens is 496 g/mol. The molecule has 0 bridgehead atoms. The third kappa shape index (κ3) is 5.15. The Bertz CT molecular complexity index is 1340. The Balaban J connectivity index is 1.37. The number of amides is 2. The lowest BCUT2D eigenvalue weighted by atomic mass is 9.94. The molecule has 0 radical (unpaired) electrons. The number of carbonyl (C=O) groups is 3. The minimum absolute atomic E-state index is 0.177. The minimum atomic E-state index is -0.941. The van der Waals surface area contributed by atoms with Crippen LogP contribution < -0.4 is 5.32 Å². The molecule has 5 rings (SSSR count). The lowest BCUT2D eigenvalue weighted by Gasteiger charge is -2.52. The van der Waals surface area contributed by atoms with Gasteiger partial charge in [0.2, 0.25) is 11.8 Å². The van der Waals surface area contributed by atoms with E-state index in [1.807, 2.05) is 103 Å². The van der Waals surface area contributed by atoms with E-state index in [0.717, 1.165) is 16.7 Å². The summed E-state index contributed by atoms with van der Waals surface area (Å²) >= 11 is 1.40. The summed E-state index contributed by atoms with van der Waals surface area (Å²) in [6, 6.07) is 26.7. The van der Waals surface area contributed by atoms with Crippen LogP contribution in [0.2, 0.25) is 0 Å². The van der Waals surface area contributed by atoms with Crippen LogP contribution in [0.4, 0.5) is 0 Å². The van der Waals surface area contributed by atoms with E-state index in [1.54, 1.807) is 0 Å². The Kier molecular flexibility index (Phi) is 7.47. The van der Waals surface area contributed by atoms with Crippen molar-refractivity contribution in [1.29, 1.82) is 0 Å². The van der Waals surface area contributed by atoms with Crippen LogP contribution in [-0.4, -0.2) is 40.1 Å². The van der Waals surface area contributed by atoms with Gasteiger partial charge in [0, 0.05) is 0 Å². The predicted molar refractivity (Wildman–Crippen MR) is 148 cm³/mol. The molecule has 192 valence electrons. The molecule has 1 unspecified atom stereocenters. The Labute approximate surface area is 226 Å². The molecule has 0 saturated carbocycles. The van der Waals surface area contributed by atoms with Gasteiger partial charge in [0.05, 0.1) is 6.42 Å². The van der Waals surface area contributed by atoms with E-state index >= 15 is 0 Å². The summed E-state index contributed by atoms with van der Waals surface area (Å²) in [4.78, 5) is 41.3. The van der Waals surface area contributed by atoms with Crippen LogP contribution in [0.1, 0.15) is 29.7 Å². The molecular formula is C31H28N2O4S. The number of nitrogens with one attached hydrogen (secondary N) is 1. The molecule has 3 atom stereocenters. The van der Waals surface area contributed by atoms with Crippen molar-refractivity contribution in [3.8, 4) is 0 Å². The van der Waals surface area contributed by atoms with E-state index in [9.17, 15) is 14.4 Å². The molecule has 2 amide bonds. The lowest BCUT2D eigenvalue weighted by Crippen LogP contribution is -2.74. The molecule has 1 saturated heterocycles. The van der Waals surface area contributed by atoms with Gasteiger partial charge in [-0.25, -0.2) is 4.79 Å². The highest BCUT2D eigenvalue weighted by molar-refractivity contribution is 8.03. The highest BCUT2D eigenvalue weighted by Crippen LogP contribution is 2.42. The predicted octanol–water partition coefficient (Wildman–Crippen LogP) is 4.79. The Morgan fingerprint density at radius 2 is 1.50 bits per heavy atom. The summed E-state index contributed by atoms with van der Waals surface area (Å²) in [5.74, 6) is -1.09. The summed E-state index contributed by atoms with van der Waals surface area (Å²) in [6.07, 6.45) is -0.460. The van der Waals surface area contributed by atoms with Crippen molar-refractivity contribution in [2.24, 2.45) is 0 Å². The van der Waals surface area contributed by atoms with Gasteiger partial charge in [0.15, 0.2) is 12.1 Å². The molecule has 2 heterocycles. The molecule has 7 heteroatoms. The number of thioether (sulfide) groups is 1. The van der Waals surface area contributed by atoms with E-state index in [-0.39, 0.29) is 18.2 Å². The standard InChI is InChI=1S/C31H28N2O4S/c1-20(2)24-19-38-30-26(32-25(34)18-21-12-6-3-7-13-21)29(35)33(30)27(24)31(36)37-28(22-14-8-4-9-15-22)23-16-10-5-11-17-23/h3-17,19,26-28,30H,1,18H2,2H3,(H,32,34)/t26-,27?,30+/m1/s1. The summed E-state index contributed by atoms with van der Waals surface area (Å²) in [5, 5.41) is 4.31. The first-order valence-corrected chi connectivity index (χ1v) is 13.4. The topological polar surface area (TPSA) is 75.7 Å². The van der Waals surface area contributed by atoms with E-state index in [1.165, 1.54) is 16.7 Å². The Morgan fingerprint density at radius 1 is 0.947 bits per heavy atom. The van der Waals surface area contributed by atoms with Crippen LogP contribution in [0.3, 0.4) is 0 Å². The van der Waals surface area contributed by atoms with Crippen molar-refractivity contribution in [3.05, 3.63) is 131 Å². The number of fused-ring (bicyclic) bond motifs is 1. The average molecular weight is 525 g/mol. The maximum Gasteiger partial charge on any atom is 0.334 e. The van der Waals surface area contributed by atoms with Crippen molar-refractivity contribution < 1.29 is 19.1 Å². The minimum Gasteiger partial charge on any atom is -0.451 e. The summed E-state index contributed by atoms with van der Waals surface area (Å²) in [5.41, 5.74) is 3.84. The fraction of sp³-hybridized carbons (Fsp3) is 0.194. The van der Waals surface area contributed by atoms with Gasteiger partial charge in [-0.1, -0.05) is 103 Å². The Morgan fingerprint density at radius 3 is 2.05 bits per heavy atom. The number of hydrogen-bond donors (Lipinski definition) is 1. The zero-order chi connectivity index (χ0) is 26.6. The molecule has 1 fully saturated rings. The molecule has 2 aliphatic rings. The maximum absolute atomic E-state index is 13.8. The first kappa shape index (κ1) is 25.5. The van der Waals surface area contributed by atoms with Crippen LogP contribution in [0.25, 0.3) is 0 Å². The highest BCUT2D eigenvalue weighted by atomic mass is 32.2. The second-order valence-electron chi connectivity index (χ2n) is 9.37. The van der Waals surface area contributed by atoms with Crippen molar-refractivity contribution in [1.82, 2.24) is 10.2 Å². The lowest BCUT2D eigenvalue weighted by molar-refractivity contribution is -0.165. The van der Waals surface area contributed by atoms with Crippen LogP contribution in [0, 0.1) is 0 Å². The largest absolute Gasteiger partial charge is 0.451 e. The van der Waals surface area contributed by atoms with Crippen molar-refractivity contribution in [3.63, 3.8) is 0 Å². The van der Waals surface area contributed by atoms with E-state index in [4.69, 9.17) is 4.74 Å². The number of ether oxygens (including phenoxy) is 1. The van der Waals surface area contributed by atoms with Gasteiger partial charge >= 0.3 is 5.97 Å². The van der Waals surface area contributed by atoms with Crippen LogP contribution in [-0.2, 0) is 25.5 Å². The number of hydrogen-bond acceptors (Lipinski definition) is 5. The van der Waals surface area contributed by atoms with Gasteiger partial charge in [-0.05, 0) is 34.6 Å². The highest BCUT2D eigenvalue weighted by Gasteiger charge is 2.56.